The van der Waals surface area contributed by atoms with E-state index in [9.17, 15) is 9.59 Å². The van der Waals surface area contributed by atoms with Gasteiger partial charge in [0.15, 0.2) is 5.78 Å². The smallest absolute Gasteiger partial charge is 0.305 e. The van der Waals surface area contributed by atoms with Crippen LogP contribution in [0.4, 0.5) is 0 Å². The van der Waals surface area contributed by atoms with Gasteiger partial charge in [0.1, 0.15) is 0 Å². The number of halogens is 1. The Balaban J connectivity index is 2.36. The second kappa shape index (κ2) is 9.78. The van der Waals surface area contributed by atoms with E-state index in [2.05, 4.69) is 11.7 Å². The Kier molecular flexibility index (Phi) is 8.36. The number of hydrogen-bond acceptors (Lipinski definition) is 3. The van der Waals surface area contributed by atoms with Crippen molar-refractivity contribution in [1.29, 1.82) is 0 Å². The Labute approximate surface area is 132 Å². The first-order valence-corrected chi connectivity index (χ1v) is 8.16. The van der Waals surface area contributed by atoms with Crippen molar-refractivity contribution < 1.29 is 14.3 Å². The molecule has 1 unspecified atom stereocenters. The van der Waals surface area contributed by atoms with E-state index < -0.39 is 0 Å². The highest BCUT2D eigenvalue weighted by atomic mass is 35.5. The van der Waals surface area contributed by atoms with E-state index in [4.69, 9.17) is 11.6 Å². The minimum Gasteiger partial charge on any atom is -0.469 e. The van der Waals surface area contributed by atoms with Crippen LogP contribution >= 0.6 is 11.6 Å². The van der Waals surface area contributed by atoms with Gasteiger partial charge >= 0.3 is 5.97 Å². The molecular weight excluding hydrogens is 288 g/mol. The quantitative estimate of drug-likeness (QED) is 0.356. The topological polar surface area (TPSA) is 43.4 Å². The van der Waals surface area contributed by atoms with Gasteiger partial charge in [-0.25, -0.2) is 0 Å². The van der Waals surface area contributed by atoms with Crippen LogP contribution < -0.4 is 0 Å². The van der Waals surface area contributed by atoms with E-state index in [1.54, 1.807) is 0 Å². The van der Waals surface area contributed by atoms with Crippen molar-refractivity contribution in [2.45, 2.75) is 58.3 Å². The summed E-state index contributed by atoms with van der Waals surface area (Å²) in [7, 11) is 1.41. The Bertz CT molecular complexity index is 424. The number of ketones is 1. The average Bonchev–Trinajstić information content (AvgIpc) is 2.75. The Morgan fingerprint density at radius 1 is 1.33 bits per heavy atom. The fraction of sp³-hybridized carbons (Fsp3) is 0.647. The third-order valence-corrected chi connectivity index (χ3v) is 4.07. The molecule has 0 heterocycles. The lowest BCUT2D eigenvalue weighted by Crippen LogP contribution is -2.04. The molecule has 0 saturated carbocycles. The second-order valence-corrected chi connectivity index (χ2v) is 5.83. The monoisotopic (exact) mass is 312 g/mol. The molecule has 21 heavy (non-hydrogen) atoms. The number of rotatable bonds is 9. The molecule has 1 aliphatic rings. The van der Waals surface area contributed by atoms with Gasteiger partial charge in [-0.15, -0.1) is 0 Å². The first-order valence-electron chi connectivity index (χ1n) is 7.79. The van der Waals surface area contributed by atoms with Crippen LogP contribution in [0, 0.1) is 5.92 Å². The molecule has 0 aliphatic heterocycles. The van der Waals surface area contributed by atoms with Gasteiger partial charge in [0.2, 0.25) is 0 Å². The van der Waals surface area contributed by atoms with Gasteiger partial charge in [0, 0.05) is 17.9 Å². The van der Waals surface area contributed by atoms with Crippen LogP contribution in [0.25, 0.3) is 0 Å². The van der Waals surface area contributed by atoms with Crippen LogP contribution in [-0.2, 0) is 14.3 Å². The number of unbranched alkanes of at least 4 members (excludes halogenated alkanes) is 4. The molecular formula is C17H25ClO3. The summed E-state index contributed by atoms with van der Waals surface area (Å²) in [6, 6.07) is 0. The first-order chi connectivity index (χ1) is 10.1. The van der Waals surface area contributed by atoms with Crippen molar-refractivity contribution in [2.24, 2.45) is 5.92 Å². The molecule has 0 aromatic rings. The van der Waals surface area contributed by atoms with E-state index in [1.165, 1.54) is 7.11 Å². The molecule has 1 atom stereocenters. The van der Waals surface area contributed by atoms with Crippen LogP contribution in [0.1, 0.15) is 58.3 Å². The van der Waals surface area contributed by atoms with Crippen LogP contribution in [0.2, 0.25) is 0 Å². The number of allylic oxidation sites excluding steroid dienone is 4. The highest BCUT2D eigenvalue weighted by Crippen LogP contribution is 2.33. The van der Waals surface area contributed by atoms with E-state index in [-0.39, 0.29) is 17.7 Å². The summed E-state index contributed by atoms with van der Waals surface area (Å²) in [6.45, 7) is 2.15. The maximum Gasteiger partial charge on any atom is 0.305 e. The summed E-state index contributed by atoms with van der Waals surface area (Å²) >= 11 is 5.96. The lowest BCUT2D eigenvalue weighted by Gasteiger charge is -2.09. The molecule has 0 aromatic carbocycles. The van der Waals surface area contributed by atoms with Crippen molar-refractivity contribution in [3.8, 4) is 0 Å². The number of carbonyl (C=O) groups excluding carboxylic acids is 2. The molecule has 0 spiro atoms. The van der Waals surface area contributed by atoms with Crippen molar-refractivity contribution >= 4 is 23.4 Å². The minimum absolute atomic E-state index is 0.00710. The molecule has 0 fully saturated rings. The zero-order valence-corrected chi connectivity index (χ0v) is 13.7. The number of ether oxygens (including phenoxy) is 1. The number of methoxy groups -OCH3 is 1. The molecule has 0 saturated heterocycles. The fourth-order valence-corrected chi connectivity index (χ4v) is 2.77. The minimum atomic E-state index is -0.157. The van der Waals surface area contributed by atoms with Gasteiger partial charge in [0.05, 0.1) is 12.1 Å². The third-order valence-electron chi connectivity index (χ3n) is 3.77. The molecule has 0 radical (unpaired) electrons. The SMILES string of the molecule is CCCCC1C=C(Cl)C(=O)C1=CCCCCCC(=O)OC. The predicted octanol–water partition coefficient (Wildman–Crippen LogP) is 4.55. The second-order valence-electron chi connectivity index (χ2n) is 5.43. The van der Waals surface area contributed by atoms with Crippen molar-refractivity contribution in [3.63, 3.8) is 0 Å². The van der Waals surface area contributed by atoms with E-state index in [0.29, 0.717) is 11.5 Å². The standard InChI is InChI=1S/C17H25ClO3/c1-3-4-9-13-12-15(18)17(20)14(13)10-7-5-6-8-11-16(19)21-2/h10,12-13H,3-9,11H2,1-2H3. The van der Waals surface area contributed by atoms with Crippen molar-refractivity contribution in [1.82, 2.24) is 0 Å². The summed E-state index contributed by atoms with van der Waals surface area (Å²) < 4.78 is 4.60. The summed E-state index contributed by atoms with van der Waals surface area (Å²) in [4.78, 5) is 23.0. The molecule has 3 nitrogen and oxygen atoms in total. The summed E-state index contributed by atoms with van der Waals surface area (Å²) in [6.07, 6.45) is 11.3. The fourth-order valence-electron chi connectivity index (χ4n) is 2.51. The zero-order chi connectivity index (χ0) is 15.7. The number of carbonyl (C=O) groups is 2. The highest BCUT2D eigenvalue weighted by Gasteiger charge is 2.27. The first kappa shape index (κ1) is 18.0. The largest absolute Gasteiger partial charge is 0.469 e. The van der Waals surface area contributed by atoms with Crippen LogP contribution in [0.15, 0.2) is 22.8 Å². The van der Waals surface area contributed by atoms with Gasteiger partial charge in [0.25, 0.3) is 0 Å². The van der Waals surface area contributed by atoms with Crippen LogP contribution in [0.5, 0.6) is 0 Å². The maximum atomic E-state index is 12.0. The molecule has 118 valence electrons. The normalized spacial score (nSPS) is 20.0. The van der Waals surface area contributed by atoms with Crippen LogP contribution in [-0.4, -0.2) is 18.9 Å². The van der Waals surface area contributed by atoms with Gasteiger partial charge in [-0.1, -0.05) is 49.9 Å². The predicted molar refractivity (Wildman–Crippen MR) is 85.1 cm³/mol. The number of hydrogen-bond donors (Lipinski definition) is 0. The lowest BCUT2D eigenvalue weighted by molar-refractivity contribution is -0.140. The highest BCUT2D eigenvalue weighted by molar-refractivity contribution is 6.46. The van der Waals surface area contributed by atoms with Gasteiger partial charge < -0.3 is 4.74 Å². The van der Waals surface area contributed by atoms with Gasteiger partial charge in [-0.2, -0.15) is 0 Å². The van der Waals surface area contributed by atoms with Gasteiger partial charge in [-0.3, -0.25) is 9.59 Å². The molecule has 0 aromatic heterocycles. The Morgan fingerprint density at radius 3 is 2.76 bits per heavy atom. The summed E-state index contributed by atoms with van der Waals surface area (Å²) in [5.74, 6) is 0.0299. The Hall–Kier alpha value is -1.09. The van der Waals surface area contributed by atoms with Crippen molar-refractivity contribution in [2.75, 3.05) is 7.11 Å². The lowest BCUT2D eigenvalue weighted by atomic mass is 9.95. The van der Waals surface area contributed by atoms with E-state index in [0.717, 1.165) is 50.5 Å². The number of esters is 1. The molecule has 1 rings (SSSR count). The summed E-state index contributed by atoms with van der Waals surface area (Å²) in [5, 5.41) is 0.369. The molecule has 0 amide bonds. The molecule has 4 heteroatoms. The summed E-state index contributed by atoms with van der Waals surface area (Å²) in [5.41, 5.74) is 0.862. The van der Waals surface area contributed by atoms with E-state index >= 15 is 0 Å². The maximum absolute atomic E-state index is 12.0. The van der Waals surface area contributed by atoms with Crippen molar-refractivity contribution in [3.05, 3.63) is 22.8 Å². The molecule has 1 aliphatic carbocycles. The third kappa shape index (κ3) is 6.04. The zero-order valence-electron chi connectivity index (χ0n) is 13.0. The van der Waals surface area contributed by atoms with Gasteiger partial charge in [-0.05, 0) is 25.7 Å². The molecule has 0 N–H and O–H groups in total. The Morgan fingerprint density at radius 2 is 2.10 bits per heavy atom. The van der Waals surface area contributed by atoms with E-state index in [1.807, 2.05) is 12.2 Å². The number of Topliss-reactive ketones (excluding diaryl/α,β-unsaturated/α-hetero) is 1. The molecule has 0 bridgehead atoms. The average molecular weight is 313 g/mol. The van der Waals surface area contributed by atoms with Crippen LogP contribution in [0.3, 0.4) is 0 Å².